The third kappa shape index (κ3) is 3.48. The summed E-state index contributed by atoms with van der Waals surface area (Å²) in [6.45, 7) is 1.68. The summed E-state index contributed by atoms with van der Waals surface area (Å²) < 4.78 is 26.7. The fourth-order valence-corrected chi connectivity index (χ4v) is 1.99. The molecule has 0 radical (unpaired) electrons. The Balaban J connectivity index is 2.17. The summed E-state index contributed by atoms with van der Waals surface area (Å²) in [5.41, 5.74) is -1.22. The van der Waals surface area contributed by atoms with Gasteiger partial charge in [0, 0.05) is 6.07 Å². The number of amides is 2. The predicted octanol–water partition coefficient (Wildman–Crippen LogP) is 2.47. The van der Waals surface area contributed by atoms with E-state index < -0.39 is 34.9 Å². The molecule has 0 spiro atoms. The highest BCUT2D eigenvalue weighted by atomic mass is 32.1. The van der Waals surface area contributed by atoms with Crippen LogP contribution in [0.25, 0.3) is 0 Å². The number of halogens is 2. The third-order valence-corrected chi connectivity index (χ3v) is 3.04. The topological polar surface area (TPSA) is 104 Å². The van der Waals surface area contributed by atoms with E-state index in [4.69, 9.17) is 5.11 Å². The van der Waals surface area contributed by atoms with Gasteiger partial charge in [-0.3, -0.25) is 5.32 Å². The number of carboxylic acid groups (broad SMARTS) is 1. The van der Waals surface area contributed by atoms with Crippen LogP contribution in [0, 0.1) is 18.6 Å². The number of anilines is 2. The first kappa shape index (κ1) is 14.8. The molecule has 1 aromatic carbocycles. The lowest BCUT2D eigenvalue weighted by molar-refractivity contribution is 0.0692. The van der Waals surface area contributed by atoms with Crippen molar-refractivity contribution in [1.82, 2.24) is 10.2 Å². The van der Waals surface area contributed by atoms with E-state index in [1.807, 2.05) is 0 Å². The van der Waals surface area contributed by atoms with Crippen LogP contribution >= 0.6 is 11.3 Å². The molecule has 21 heavy (non-hydrogen) atoms. The molecule has 0 unspecified atom stereocenters. The number of rotatable bonds is 3. The Kier molecular flexibility index (Phi) is 4.08. The van der Waals surface area contributed by atoms with Gasteiger partial charge in [-0.05, 0) is 13.0 Å². The normalized spacial score (nSPS) is 10.2. The Hall–Kier alpha value is -2.62. The summed E-state index contributed by atoms with van der Waals surface area (Å²) in [5, 5.41) is 21.2. The van der Waals surface area contributed by atoms with Crippen molar-refractivity contribution >= 4 is 34.2 Å². The number of carbonyl (C=O) groups excluding carboxylic acids is 1. The van der Waals surface area contributed by atoms with Crippen molar-refractivity contribution in [3.63, 3.8) is 0 Å². The van der Waals surface area contributed by atoms with Gasteiger partial charge in [0.1, 0.15) is 16.6 Å². The smallest absolute Gasteiger partial charge is 0.338 e. The fraction of sp³-hybridized carbons (Fsp3) is 0.0909. The summed E-state index contributed by atoms with van der Waals surface area (Å²) in [4.78, 5) is 22.4. The molecule has 0 aliphatic carbocycles. The molecule has 1 aromatic heterocycles. The lowest BCUT2D eigenvalue weighted by Gasteiger charge is -2.08. The SMILES string of the molecule is Cc1nnc(NC(=O)Nc2cc(C(=O)O)c(F)cc2F)s1. The number of hydrogen-bond donors (Lipinski definition) is 3. The molecular formula is C11H8F2N4O3S. The van der Waals surface area contributed by atoms with Gasteiger partial charge in [-0.1, -0.05) is 11.3 Å². The van der Waals surface area contributed by atoms with Crippen LogP contribution in [-0.4, -0.2) is 27.3 Å². The van der Waals surface area contributed by atoms with E-state index in [1.165, 1.54) is 0 Å². The van der Waals surface area contributed by atoms with E-state index in [0.29, 0.717) is 17.1 Å². The molecule has 0 aliphatic heterocycles. The van der Waals surface area contributed by atoms with Crippen LogP contribution in [0.2, 0.25) is 0 Å². The minimum absolute atomic E-state index is 0.186. The van der Waals surface area contributed by atoms with Crippen LogP contribution in [0.3, 0.4) is 0 Å². The summed E-state index contributed by atoms with van der Waals surface area (Å²) >= 11 is 1.10. The molecule has 7 nitrogen and oxygen atoms in total. The maximum Gasteiger partial charge on any atom is 0.338 e. The number of nitrogens with zero attached hydrogens (tertiary/aromatic N) is 2. The van der Waals surface area contributed by atoms with Crippen LogP contribution in [0.15, 0.2) is 12.1 Å². The van der Waals surface area contributed by atoms with Crippen molar-refractivity contribution in [1.29, 1.82) is 0 Å². The van der Waals surface area contributed by atoms with Crippen LogP contribution in [0.1, 0.15) is 15.4 Å². The molecule has 1 heterocycles. The molecule has 110 valence electrons. The molecule has 2 amide bonds. The van der Waals surface area contributed by atoms with E-state index in [0.717, 1.165) is 11.3 Å². The van der Waals surface area contributed by atoms with E-state index in [2.05, 4.69) is 20.8 Å². The van der Waals surface area contributed by atoms with Gasteiger partial charge in [0.15, 0.2) is 0 Å². The van der Waals surface area contributed by atoms with Crippen LogP contribution < -0.4 is 10.6 Å². The van der Waals surface area contributed by atoms with Crippen molar-refractivity contribution in [3.05, 3.63) is 34.3 Å². The maximum atomic E-state index is 13.5. The van der Waals surface area contributed by atoms with E-state index in [-0.39, 0.29) is 5.13 Å². The molecule has 10 heteroatoms. The number of urea groups is 1. The first-order valence-electron chi connectivity index (χ1n) is 5.47. The average Bonchev–Trinajstić information content (AvgIpc) is 2.77. The number of carbonyl (C=O) groups is 2. The molecule has 0 aliphatic rings. The molecule has 2 rings (SSSR count). The van der Waals surface area contributed by atoms with Gasteiger partial charge >= 0.3 is 12.0 Å². The van der Waals surface area contributed by atoms with Crippen LogP contribution in [0.4, 0.5) is 24.4 Å². The highest BCUT2D eigenvalue weighted by molar-refractivity contribution is 7.15. The summed E-state index contributed by atoms with van der Waals surface area (Å²) in [6, 6.07) is 0.222. The third-order valence-electron chi connectivity index (χ3n) is 2.28. The number of carboxylic acids is 1. The molecule has 0 saturated carbocycles. The number of nitrogens with one attached hydrogen (secondary N) is 2. The second-order valence-electron chi connectivity index (χ2n) is 3.82. The monoisotopic (exact) mass is 314 g/mol. The number of aromatic carboxylic acids is 1. The lowest BCUT2D eigenvalue weighted by atomic mass is 10.2. The van der Waals surface area contributed by atoms with Gasteiger partial charge in [-0.15, -0.1) is 10.2 Å². The second kappa shape index (κ2) is 5.79. The van der Waals surface area contributed by atoms with E-state index >= 15 is 0 Å². The first-order valence-corrected chi connectivity index (χ1v) is 6.29. The Morgan fingerprint density at radius 3 is 2.48 bits per heavy atom. The Morgan fingerprint density at radius 2 is 1.90 bits per heavy atom. The van der Waals surface area contributed by atoms with Crippen molar-refractivity contribution in [2.75, 3.05) is 10.6 Å². The molecule has 3 N–H and O–H groups in total. The zero-order chi connectivity index (χ0) is 15.6. The Labute approximate surface area is 120 Å². The zero-order valence-electron chi connectivity index (χ0n) is 10.5. The van der Waals surface area contributed by atoms with Gasteiger partial charge in [-0.2, -0.15) is 0 Å². The van der Waals surface area contributed by atoms with Crippen molar-refractivity contribution < 1.29 is 23.5 Å². The number of aromatic nitrogens is 2. The maximum absolute atomic E-state index is 13.5. The van der Waals surface area contributed by atoms with Crippen LogP contribution in [0.5, 0.6) is 0 Å². The summed E-state index contributed by atoms with van der Waals surface area (Å²) in [7, 11) is 0. The Bertz CT molecular complexity index is 719. The molecule has 2 aromatic rings. The largest absolute Gasteiger partial charge is 0.478 e. The molecular weight excluding hydrogens is 306 g/mol. The number of hydrogen-bond acceptors (Lipinski definition) is 5. The zero-order valence-corrected chi connectivity index (χ0v) is 11.3. The minimum Gasteiger partial charge on any atom is -0.478 e. The van der Waals surface area contributed by atoms with Gasteiger partial charge in [-0.25, -0.2) is 18.4 Å². The van der Waals surface area contributed by atoms with Gasteiger partial charge in [0.25, 0.3) is 0 Å². The van der Waals surface area contributed by atoms with Crippen LogP contribution in [-0.2, 0) is 0 Å². The standard InChI is InChI=1S/C11H8F2N4O3S/c1-4-16-17-11(21-4)15-10(20)14-8-2-5(9(18)19)6(12)3-7(8)13/h2-3H,1H3,(H,18,19)(H2,14,15,17,20). The van der Waals surface area contributed by atoms with Gasteiger partial charge in [0.2, 0.25) is 5.13 Å². The number of aryl methyl sites for hydroxylation is 1. The minimum atomic E-state index is -1.57. The summed E-state index contributed by atoms with van der Waals surface area (Å²) in [5.74, 6) is -3.90. The average molecular weight is 314 g/mol. The first-order chi connectivity index (χ1) is 9.86. The molecule has 0 saturated heterocycles. The predicted molar refractivity (Wildman–Crippen MR) is 70.6 cm³/mol. The number of benzene rings is 1. The quantitative estimate of drug-likeness (QED) is 0.807. The van der Waals surface area contributed by atoms with Gasteiger partial charge in [0.05, 0.1) is 11.3 Å². The molecule has 0 fully saturated rings. The van der Waals surface area contributed by atoms with Crippen molar-refractivity contribution in [2.24, 2.45) is 0 Å². The highest BCUT2D eigenvalue weighted by Crippen LogP contribution is 2.20. The second-order valence-corrected chi connectivity index (χ2v) is 5.00. The molecule has 0 bridgehead atoms. The fourth-order valence-electron chi connectivity index (χ4n) is 1.41. The highest BCUT2D eigenvalue weighted by Gasteiger charge is 2.17. The van der Waals surface area contributed by atoms with Gasteiger partial charge < -0.3 is 10.4 Å². The van der Waals surface area contributed by atoms with Crippen molar-refractivity contribution in [2.45, 2.75) is 6.92 Å². The summed E-state index contributed by atoms with van der Waals surface area (Å²) in [6.07, 6.45) is 0. The van der Waals surface area contributed by atoms with Crippen molar-refractivity contribution in [3.8, 4) is 0 Å². The lowest BCUT2D eigenvalue weighted by Crippen LogP contribution is -2.20. The van der Waals surface area contributed by atoms with E-state index in [9.17, 15) is 18.4 Å². The Morgan fingerprint density at radius 1 is 1.19 bits per heavy atom. The van der Waals surface area contributed by atoms with E-state index in [1.54, 1.807) is 6.92 Å². The molecule has 0 atom stereocenters.